The summed E-state index contributed by atoms with van der Waals surface area (Å²) in [6, 6.07) is 14.3. The standard InChI is InChI=1S/C18H22N2O3S/c1-13-8-11-16(24(19,22)23)12-17(13)18(21)20-14(2)9-10-15-6-4-3-5-7-15/h3-8,11-12,14H,9-10H2,1-2H3,(H,20,21)(H2,19,22,23)/t14-/m1/s1. The highest BCUT2D eigenvalue weighted by atomic mass is 32.2. The van der Waals surface area contributed by atoms with E-state index >= 15 is 0 Å². The van der Waals surface area contributed by atoms with Gasteiger partial charge in [-0.15, -0.1) is 0 Å². The highest BCUT2D eigenvalue weighted by Crippen LogP contribution is 2.15. The maximum atomic E-state index is 12.4. The monoisotopic (exact) mass is 346 g/mol. The Bertz CT molecular complexity index is 817. The van der Waals surface area contributed by atoms with Crippen LogP contribution in [0.25, 0.3) is 0 Å². The molecule has 0 heterocycles. The third kappa shape index (κ3) is 4.91. The molecule has 0 radical (unpaired) electrons. The van der Waals surface area contributed by atoms with E-state index < -0.39 is 10.0 Å². The van der Waals surface area contributed by atoms with E-state index in [-0.39, 0.29) is 16.8 Å². The lowest BCUT2D eigenvalue weighted by Gasteiger charge is -2.15. The van der Waals surface area contributed by atoms with E-state index in [1.165, 1.54) is 17.7 Å². The highest BCUT2D eigenvalue weighted by molar-refractivity contribution is 7.89. The second-order valence-corrected chi connectivity index (χ2v) is 7.48. The second kappa shape index (κ2) is 7.59. The van der Waals surface area contributed by atoms with E-state index in [0.29, 0.717) is 11.1 Å². The molecule has 2 aromatic carbocycles. The Morgan fingerprint density at radius 3 is 2.46 bits per heavy atom. The summed E-state index contributed by atoms with van der Waals surface area (Å²) in [7, 11) is -3.83. The summed E-state index contributed by atoms with van der Waals surface area (Å²) in [4.78, 5) is 12.4. The van der Waals surface area contributed by atoms with Crippen LogP contribution >= 0.6 is 0 Å². The zero-order chi connectivity index (χ0) is 17.7. The SMILES string of the molecule is Cc1ccc(S(N)(=O)=O)cc1C(=O)N[C@H](C)CCc1ccccc1. The summed E-state index contributed by atoms with van der Waals surface area (Å²) in [5, 5.41) is 8.04. The number of nitrogens with two attached hydrogens (primary N) is 1. The van der Waals surface area contributed by atoms with Gasteiger partial charge in [0.25, 0.3) is 5.91 Å². The van der Waals surface area contributed by atoms with Crippen molar-refractivity contribution >= 4 is 15.9 Å². The minimum absolute atomic E-state index is 0.0322. The maximum Gasteiger partial charge on any atom is 0.251 e. The van der Waals surface area contributed by atoms with Gasteiger partial charge in [0.2, 0.25) is 10.0 Å². The van der Waals surface area contributed by atoms with Gasteiger partial charge in [-0.2, -0.15) is 0 Å². The van der Waals surface area contributed by atoms with Gasteiger partial charge in [-0.05, 0) is 49.9 Å². The first-order valence-corrected chi connectivity index (χ1v) is 9.30. The minimum Gasteiger partial charge on any atom is -0.350 e. The van der Waals surface area contributed by atoms with Crippen molar-refractivity contribution in [3.63, 3.8) is 0 Å². The van der Waals surface area contributed by atoms with Crippen LogP contribution in [0.5, 0.6) is 0 Å². The van der Waals surface area contributed by atoms with Gasteiger partial charge in [0.1, 0.15) is 0 Å². The topological polar surface area (TPSA) is 89.3 Å². The Kier molecular flexibility index (Phi) is 5.75. The van der Waals surface area contributed by atoms with Crippen LogP contribution in [-0.2, 0) is 16.4 Å². The molecule has 0 aromatic heterocycles. The Morgan fingerprint density at radius 2 is 1.83 bits per heavy atom. The lowest BCUT2D eigenvalue weighted by atomic mass is 10.0. The molecule has 0 aliphatic heterocycles. The molecule has 5 nitrogen and oxygen atoms in total. The number of rotatable bonds is 6. The molecular weight excluding hydrogens is 324 g/mol. The molecule has 128 valence electrons. The number of carbonyl (C=O) groups excluding carboxylic acids is 1. The second-order valence-electron chi connectivity index (χ2n) is 5.92. The smallest absolute Gasteiger partial charge is 0.251 e. The molecule has 0 aliphatic carbocycles. The van der Waals surface area contributed by atoms with Crippen LogP contribution in [0.3, 0.4) is 0 Å². The molecular formula is C18H22N2O3S. The lowest BCUT2D eigenvalue weighted by Crippen LogP contribution is -2.33. The van der Waals surface area contributed by atoms with Crippen LogP contribution in [0, 0.1) is 6.92 Å². The molecule has 0 spiro atoms. The highest BCUT2D eigenvalue weighted by Gasteiger charge is 2.16. The molecule has 1 amide bonds. The number of nitrogens with one attached hydrogen (secondary N) is 1. The number of aryl methyl sites for hydroxylation is 2. The molecule has 6 heteroatoms. The molecule has 0 fully saturated rings. The van der Waals surface area contributed by atoms with Gasteiger partial charge in [0.05, 0.1) is 4.90 Å². The van der Waals surface area contributed by atoms with Crippen molar-refractivity contribution < 1.29 is 13.2 Å². The third-order valence-electron chi connectivity index (χ3n) is 3.87. The Morgan fingerprint density at radius 1 is 1.17 bits per heavy atom. The third-order valence-corrected chi connectivity index (χ3v) is 4.78. The number of primary sulfonamides is 1. The van der Waals surface area contributed by atoms with Gasteiger partial charge in [-0.1, -0.05) is 36.4 Å². The van der Waals surface area contributed by atoms with Crippen molar-refractivity contribution in [3.05, 3.63) is 65.2 Å². The lowest BCUT2D eigenvalue weighted by molar-refractivity contribution is 0.0937. The van der Waals surface area contributed by atoms with Crippen molar-refractivity contribution in [2.45, 2.75) is 37.6 Å². The molecule has 2 aromatic rings. The van der Waals surface area contributed by atoms with E-state index in [1.807, 2.05) is 37.3 Å². The number of hydrogen-bond acceptors (Lipinski definition) is 3. The van der Waals surface area contributed by atoms with Crippen molar-refractivity contribution in [2.75, 3.05) is 0 Å². The normalized spacial score (nSPS) is 12.6. The Balaban J connectivity index is 2.04. The predicted molar refractivity (Wildman–Crippen MR) is 94.2 cm³/mol. The Hall–Kier alpha value is -2.18. The van der Waals surface area contributed by atoms with Crippen molar-refractivity contribution in [1.29, 1.82) is 0 Å². The van der Waals surface area contributed by atoms with Crippen LogP contribution in [0.15, 0.2) is 53.4 Å². The van der Waals surface area contributed by atoms with Crippen LogP contribution in [0.4, 0.5) is 0 Å². The van der Waals surface area contributed by atoms with Crippen LogP contribution in [-0.4, -0.2) is 20.4 Å². The van der Waals surface area contributed by atoms with E-state index in [0.717, 1.165) is 12.8 Å². The first-order valence-electron chi connectivity index (χ1n) is 7.75. The fourth-order valence-electron chi connectivity index (χ4n) is 2.42. The van der Waals surface area contributed by atoms with Crippen LogP contribution < -0.4 is 10.5 Å². The zero-order valence-electron chi connectivity index (χ0n) is 13.8. The fourth-order valence-corrected chi connectivity index (χ4v) is 2.96. The molecule has 0 saturated carbocycles. The van der Waals surface area contributed by atoms with Gasteiger partial charge in [-0.25, -0.2) is 13.6 Å². The molecule has 0 saturated heterocycles. The predicted octanol–water partition coefficient (Wildman–Crippen LogP) is 2.39. The number of sulfonamides is 1. The Labute approximate surface area is 142 Å². The number of hydrogen-bond donors (Lipinski definition) is 2. The van der Waals surface area contributed by atoms with Crippen LogP contribution in [0.2, 0.25) is 0 Å². The van der Waals surface area contributed by atoms with E-state index in [4.69, 9.17) is 5.14 Å². The molecule has 0 bridgehead atoms. The first kappa shape index (κ1) is 18.2. The van der Waals surface area contributed by atoms with E-state index in [9.17, 15) is 13.2 Å². The average Bonchev–Trinajstić information content (AvgIpc) is 2.53. The summed E-state index contributed by atoms with van der Waals surface area (Å²) in [6.07, 6.45) is 1.65. The average molecular weight is 346 g/mol. The van der Waals surface area contributed by atoms with Gasteiger partial charge >= 0.3 is 0 Å². The number of benzene rings is 2. The van der Waals surface area contributed by atoms with E-state index in [1.54, 1.807) is 13.0 Å². The van der Waals surface area contributed by atoms with Crippen molar-refractivity contribution in [2.24, 2.45) is 5.14 Å². The largest absolute Gasteiger partial charge is 0.350 e. The molecule has 2 rings (SSSR count). The fraction of sp³-hybridized carbons (Fsp3) is 0.278. The summed E-state index contributed by atoms with van der Waals surface area (Å²) >= 11 is 0. The minimum atomic E-state index is -3.83. The van der Waals surface area contributed by atoms with Gasteiger partial charge < -0.3 is 5.32 Å². The molecule has 0 unspecified atom stereocenters. The van der Waals surface area contributed by atoms with Crippen molar-refractivity contribution in [3.8, 4) is 0 Å². The van der Waals surface area contributed by atoms with E-state index in [2.05, 4.69) is 5.32 Å². The molecule has 24 heavy (non-hydrogen) atoms. The molecule has 0 aliphatic rings. The number of carbonyl (C=O) groups is 1. The number of amides is 1. The quantitative estimate of drug-likeness (QED) is 0.841. The molecule has 3 N–H and O–H groups in total. The van der Waals surface area contributed by atoms with Gasteiger partial charge in [-0.3, -0.25) is 4.79 Å². The van der Waals surface area contributed by atoms with Gasteiger partial charge in [0, 0.05) is 11.6 Å². The van der Waals surface area contributed by atoms with Gasteiger partial charge in [0.15, 0.2) is 0 Å². The van der Waals surface area contributed by atoms with Crippen molar-refractivity contribution in [1.82, 2.24) is 5.32 Å². The molecule has 1 atom stereocenters. The zero-order valence-corrected chi connectivity index (χ0v) is 14.6. The summed E-state index contributed by atoms with van der Waals surface area (Å²) in [5.41, 5.74) is 2.24. The summed E-state index contributed by atoms with van der Waals surface area (Å²) < 4.78 is 22.9. The van der Waals surface area contributed by atoms with Crippen LogP contribution in [0.1, 0.15) is 34.8 Å². The summed E-state index contributed by atoms with van der Waals surface area (Å²) in [5.74, 6) is -0.293. The first-order chi connectivity index (χ1) is 11.3. The maximum absolute atomic E-state index is 12.4. The summed E-state index contributed by atoms with van der Waals surface area (Å²) in [6.45, 7) is 3.69.